The van der Waals surface area contributed by atoms with E-state index in [-0.39, 0.29) is 15.7 Å². The quantitative estimate of drug-likeness (QED) is 0.518. The topological polar surface area (TPSA) is 77.0 Å². The Kier molecular flexibility index (Phi) is 7.14. The monoisotopic (exact) mass is 416 g/mol. The third kappa shape index (κ3) is 5.27. The van der Waals surface area contributed by atoms with Crippen LogP contribution in [-0.4, -0.2) is 28.3 Å². The zero-order chi connectivity index (χ0) is 19.2. The summed E-state index contributed by atoms with van der Waals surface area (Å²) < 4.78 is 35.3. The van der Waals surface area contributed by atoms with Crippen LogP contribution in [0.25, 0.3) is 0 Å². The van der Waals surface area contributed by atoms with E-state index in [1.807, 2.05) is 6.92 Å². The fourth-order valence-electron chi connectivity index (χ4n) is 2.01. The average Bonchev–Trinajstić information content (AvgIpc) is 2.61. The molecule has 0 aliphatic carbocycles. The third-order valence-electron chi connectivity index (χ3n) is 3.22. The molecule has 1 N–H and O–H groups in total. The molecule has 0 spiro atoms. The molecule has 0 aliphatic heterocycles. The van der Waals surface area contributed by atoms with E-state index in [1.165, 1.54) is 31.5 Å². The number of hydrazone groups is 1. The molecule has 140 valence electrons. The van der Waals surface area contributed by atoms with E-state index >= 15 is 0 Å². The third-order valence-corrected chi connectivity index (χ3v) is 4.99. The van der Waals surface area contributed by atoms with Gasteiger partial charge in [-0.15, -0.1) is 0 Å². The Labute approximate surface area is 162 Å². The predicted molar refractivity (Wildman–Crippen MR) is 103 cm³/mol. The Bertz CT molecular complexity index is 902. The summed E-state index contributed by atoms with van der Waals surface area (Å²) in [4.78, 5) is 2.02. The van der Waals surface area contributed by atoms with Gasteiger partial charge in [-0.3, -0.25) is 0 Å². The van der Waals surface area contributed by atoms with E-state index < -0.39 is 10.0 Å². The summed E-state index contributed by atoms with van der Waals surface area (Å²) in [6, 6.07) is 9.34. The van der Waals surface area contributed by atoms with Crippen LogP contribution < -0.4 is 14.3 Å². The number of sulfonamides is 1. The van der Waals surface area contributed by atoms with Gasteiger partial charge in [0.15, 0.2) is 0 Å². The second-order valence-corrected chi connectivity index (χ2v) is 7.66. The lowest BCUT2D eigenvalue weighted by Gasteiger charge is -2.09. The molecule has 0 unspecified atom stereocenters. The Morgan fingerprint density at radius 1 is 1.15 bits per heavy atom. The van der Waals surface area contributed by atoms with Gasteiger partial charge in [0.05, 0.1) is 25.0 Å². The van der Waals surface area contributed by atoms with Crippen molar-refractivity contribution in [2.45, 2.75) is 18.2 Å². The number of hydrogen-bond donors (Lipinski definition) is 1. The lowest BCUT2D eigenvalue weighted by Crippen LogP contribution is -2.19. The van der Waals surface area contributed by atoms with Gasteiger partial charge < -0.3 is 9.47 Å². The average molecular weight is 417 g/mol. The van der Waals surface area contributed by atoms with Gasteiger partial charge in [0.1, 0.15) is 16.4 Å². The van der Waals surface area contributed by atoms with Crippen molar-refractivity contribution in [1.29, 1.82) is 0 Å². The van der Waals surface area contributed by atoms with Gasteiger partial charge in [-0.05, 0) is 48.4 Å². The van der Waals surface area contributed by atoms with Gasteiger partial charge in [0.2, 0.25) is 0 Å². The highest BCUT2D eigenvalue weighted by atomic mass is 35.5. The van der Waals surface area contributed by atoms with Crippen molar-refractivity contribution in [3.63, 3.8) is 0 Å². The van der Waals surface area contributed by atoms with Crippen LogP contribution in [0.3, 0.4) is 0 Å². The Balaban J connectivity index is 2.15. The van der Waals surface area contributed by atoms with Gasteiger partial charge in [0.25, 0.3) is 10.0 Å². The highest BCUT2D eigenvalue weighted by Gasteiger charge is 2.19. The SMILES string of the molecule is CCCOc1ccc(/C=N/NS(=O)(=O)c2cc(Cl)ccc2OC)cc1Cl. The smallest absolute Gasteiger partial charge is 0.280 e. The van der Waals surface area contributed by atoms with Gasteiger partial charge in [-0.2, -0.15) is 18.4 Å². The minimum atomic E-state index is -3.94. The van der Waals surface area contributed by atoms with E-state index in [9.17, 15) is 8.42 Å². The first-order valence-electron chi connectivity index (χ1n) is 7.68. The maximum Gasteiger partial charge on any atom is 0.280 e. The molecule has 0 aromatic heterocycles. The number of nitrogens with zero attached hydrogens (tertiary/aromatic N) is 1. The molecule has 0 fully saturated rings. The van der Waals surface area contributed by atoms with E-state index in [2.05, 4.69) is 9.93 Å². The van der Waals surface area contributed by atoms with Crippen molar-refractivity contribution < 1.29 is 17.9 Å². The molecule has 2 aromatic carbocycles. The van der Waals surface area contributed by atoms with Crippen LogP contribution in [0.4, 0.5) is 0 Å². The number of ether oxygens (including phenoxy) is 2. The van der Waals surface area contributed by atoms with E-state index in [0.29, 0.717) is 22.9 Å². The first-order chi connectivity index (χ1) is 12.4. The van der Waals surface area contributed by atoms with Crippen LogP contribution in [-0.2, 0) is 10.0 Å². The first kappa shape index (κ1) is 20.4. The summed E-state index contributed by atoms with van der Waals surface area (Å²) in [5.41, 5.74) is 0.611. The minimum Gasteiger partial charge on any atom is -0.495 e. The van der Waals surface area contributed by atoms with Gasteiger partial charge in [0, 0.05) is 5.02 Å². The molecular formula is C17H18Cl2N2O4S. The zero-order valence-corrected chi connectivity index (χ0v) is 16.5. The largest absolute Gasteiger partial charge is 0.495 e. The number of nitrogens with one attached hydrogen (secondary N) is 1. The lowest BCUT2D eigenvalue weighted by molar-refractivity contribution is 0.317. The summed E-state index contributed by atoms with van der Waals surface area (Å²) in [6.07, 6.45) is 2.21. The zero-order valence-electron chi connectivity index (χ0n) is 14.2. The fourth-order valence-corrected chi connectivity index (χ4v) is 3.47. The van der Waals surface area contributed by atoms with Crippen LogP contribution in [0.1, 0.15) is 18.9 Å². The second-order valence-electron chi connectivity index (χ2n) is 5.19. The predicted octanol–water partition coefficient (Wildman–Crippen LogP) is 4.10. The molecule has 9 heteroatoms. The summed E-state index contributed by atoms with van der Waals surface area (Å²) in [6.45, 7) is 2.56. The number of hydrogen-bond acceptors (Lipinski definition) is 5. The molecule has 0 radical (unpaired) electrons. The first-order valence-corrected chi connectivity index (χ1v) is 9.92. The van der Waals surface area contributed by atoms with Crippen molar-refractivity contribution in [2.24, 2.45) is 5.10 Å². The van der Waals surface area contributed by atoms with Crippen molar-refractivity contribution in [3.05, 3.63) is 52.0 Å². The van der Waals surface area contributed by atoms with Crippen LogP contribution in [0.5, 0.6) is 11.5 Å². The van der Waals surface area contributed by atoms with Crippen molar-refractivity contribution in [1.82, 2.24) is 4.83 Å². The highest BCUT2D eigenvalue weighted by Crippen LogP contribution is 2.27. The molecule has 0 aliphatic rings. The molecular weight excluding hydrogens is 399 g/mol. The van der Waals surface area contributed by atoms with Crippen molar-refractivity contribution >= 4 is 39.4 Å². The molecule has 0 amide bonds. The maximum atomic E-state index is 12.4. The lowest BCUT2D eigenvalue weighted by atomic mass is 10.2. The molecule has 0 saturated carbocycles. The second kappa shape index (κ2) is 9.12. The Hall–Kier alpha value is -1.96. The number of rotatable bonds is 8. The molecule has 0 heterocycles. The standard InChI is InChI=1S/C17H18Cl2N2O4S/c1-3-8-25-15-6-4-12(9-14(15)19)11-20-21-26(22,23)17-10-13(18)5-7-16(17)24-2/h4-7,9-11,21H,3,8H2,1-2H3/b20-11+. The van der Waals surface area contributed by atoms with E-state index in [1.54, 1.807) is 18.2 Å². The summed E-state index contributed by atoms with van der Waals surface area (Å²) >= 11 is 12.0. The number of benzene rings is 2. The van der Waals surface area contributed by atoms with Gasteiger partial charge in [-0.1, -0.05) is 30.1 Å². The maximum absolute atomic E-state index is 12.4. The van der Waals surface area contributed by atoms with Gasteiger partial charge >= 0.3 is 0 Å². The molecule has 26 heavy (non-hydrogen) atoms. The summed E-state index contributed by atoms with van der Waals surface area (Å²) in [5.74, 6) is 0.729. The Morgan fingerprint density at radius 2 is 1.88 bits per heavy atom. The fraction of sp³-hybridized carbons (Fsp3) is 0.235. The molecule has 2 rings (SSSR count). The van der Waals surface area contributed by atoms with Crippen LogP contribution in [0.15, 0.2) is 46.4 Å². The molecule has 0 saturated heterocycles. The minimum absolute atomic E-state index is 0.106. The summed E-state index contributed by atoms with van der Waals surface area (Å²) in [5, 5.41) is 4.45. The van der Waals surface area contributed by atoms with Crippen LogP contribution in [0, 0.1) is 0 Å². The number of halogens is 2. The van der Waals surface area contributed by atoms with E-state index in [0.717, 1.165) is 6.42 Å². The number of methoxy groups -OCH3 is 1. The van der Waals surface area contributed by atoms with Crippen LogP contribution in [0.2, 0.25) is 10.0 Å². The highest BCUT2D eigenvalue weighted by molar-refractivity contribution is 7.89. The molecule has 6 nitrogen and oxygen atoms in total. The molecule has 2 aromatic rings. The summed E-state index contributed by atoms with van der Waals surface area (Å²) in [7, 11) is -2.57. The van der Waals surface area contributed by atoms with E-state index in [4.69, 9.17) is 32.7 Å². The van der Waals surface area contributed by atoms with Crippen molar-refractivity contribution in [3.8, 4) is 11.5 Å². The van der Waals surface area contributed by atoms with Crippen molar-refractivity contribution in [2.75, 3.05) is 13.7 Å². The van der Waals surface area contributed by atoms with Crippen LogP contribution >= 0.6 is 23.2 Å². The molecule has 0 bridgehead atoms. The van der Waals surface area contributed by atoms with Gasteiger partial charge in [-0.25, -0.2) is 0 Å². The Morgan fingerprint density at radius 3 is 2.54 bits per heavy atom. The molecule has 0 atom stereocenters. The normalized spacial score (nSPS) is 11.5.